The van der Waals surface area contributed by atoms with Crippen molar-refractivity contribution >= 4 is 22.4 Å². The molecule has 2 N–H and O–H groups in total. The van der Waals surface area contributed by atoms with E-state index in [1.54, 1.807) is 19.3 Å². The van der Waals surface area contributed by atoms with Gasteiger partial charge in [0.15, 0.2) is 0 Å². The number of anilines is 1. The lowest BCUT2D eigenvalue weighted by Gasteiger charge is -2.15. The molecule has 1 aromatic rings. The molecular formula is C15H16N6O3S. The summed E-state index contributed by atoms with van der Waals surface area (Å²) in [5, 5.41) is 18.0. The Morgan fingerprint density at radius 3 is 3.08 bits per heavy atom. The molecule has 0 aliphatic carbocycles. The number of hydrogen-bond acceptors (Lipinski definition) is 7. The molecule has 0 saturated carbocycles. The van der Waals surface area contributed by atoms with E-state index in [9.17, 15) is 9.59 Å². The lowest BCUT2D eigenvalue weighted by atomic mass is 10.1. The number of pyridine rings is 1. The molecule has 0 aromatic carbocycles. The molecule has 1 saturated heterocycles. The van der Waals surface area contributed by atoms with Crippen LogP contribution in [-0.2, 0) is 11.3 Å². The van der Waals surface area contributed by atoms with Crippen LogP contribution in [0, 0.1) is 6.92 Å². The van der Waals surface area contributed by atoms with E-state index in [0.717, 1.165) is 24.5 Å². The first-order chi connectivity index (χ1) is 12.1. The Hall–Kier alpha value is -2.59. The maximum Gasteiger partial charge on any atom is 0.275 e. The molecule has 4 rings (SSSR count). The van der Waals surface area contributed by atoms with Gasteiger partial charge in [0.1, 0.15) is 10.7 Å². The molecular weight excluding hydrogens is 344 g/mol. The molecule has 0 unspecified atom stereocenters. The normalized spacial score (nSPS) is 17.2. The van der Waals surface area contributed by atoms with Crippen molar-refractivity contribution in [2.75, 3.05) is 11.9 Å². The Morgan fingerprint density at radius 2 is 2.36 bits per heavy atom. The van der Waals surface area contributed by atoms with Gasteiger partial charge in [-0.3, -0.25) is 14.9 Å². The monoisotopic (exact) mass is 360 g/mol. The predicted molar refractivity (Wildman–Crippen MR) is 91.0 cm³/mol. The minimum atomic E-state index is -0.380. The standard InChI is InChI=1S/C15H16N6O3S/c1-8-17-20-15(25-8)16-13(22)10-6-21(5-9-3-2-4-24-9)7-11-12(10)18-19-14(11)23/h6-7,9H,2-5H2,1H3,(H,19,23)(H,16,20,22)/t9-/m0/s1. The SMILES string of the molecule is Cc1nnc(NC(=O)c2cn(C[C@@H]3CCCO3)cc3c(=O)[nH]nc2-3)s1. The third kappa shape index (κ3) is 3.17. The van der Waals surface area contributed by atoms with Crippen LogP contribution in [0.4, 0.5) is 5.13 Å². The quantitative estimate of drug-likeness (QED) is 0.724. The van der Waals surface area contributed by atoms with Gasteiger partial charge in [0.25, 0.3) is 11.5 Å². The number of nitrogens with one attached hydrogen (secondary N) is 2. The first-order valence-electron chi connectivity index (χ1n) is 7.91. The van der Waals surface area contributed by atoms with Crippen LogP contribution in [-0.4, -0.2) is 43.6 Å². The van der Waals surface area contributed by atoms with Gasteiger partial charge in [0.2, 0.25) is 5.13 Å². The summed E-state index contributed by atoms with van der Waals surface area (Å²) in [6.07, 6.45) is 5.47. The van der Waals surface area contributed by atoms with Crippen LogP contribution in [0.25, 0.3) is 11.3 Å². The van der Waals surface area contributed by atoms with E-state index in [4.69, 9.17) is 4.74 Å². The summed E-state index contributed by atoms with van der Waals surface area (Å²) in [6.45, 7) is 3.13. The Labute approximate surface area is 146 Å². The molecule has 0 radical (unpaired) electrons. The highest BCUT2D eigenvalue weighted by Crippen LogP contribution is 2.23. The number of aromatic nitrogens is 5. The minimum Gasteiger partial charge on any atom is -0.376 e. The molecule has 1 aromatic heterocycles. The van der Waals surface area contributed by atoms with Crippen LogP contribution in [0.3, 0.4) is 0 Å². The average molecular weight is 360 g/mol. The van der Waals surface area contributed by atoms with Gasteiger partial charge < -0.3 is 9.30 Å². The lowest BCUT2D eigenvalue weighted by Crippen LogP contribution is -2.20. The second-order valence-electron chi connectivity index (χ2n) is 5.90. The zero-order chi connectivity index (χ0) is 17.4. The third-order valence-electron chi connectivity index (χ3n) is 4.04. The van der Waals surface area contributed by atoms with Crippen LogP contribution in [0.2, 0.25) is 0 Å². The van der Waals surface area contributed by atoms with E-state index in [1.165, 1.54) is 11.3 Å². The smallest absolute Gasteiger partial charge is 0.275 e. The minimum absolute atomic E-state index is 0.0891. The highest BCUT2D eigenvalue weighted by molar-refractivity contribution is 7.15. The van der Waals surface area contributed by atoms with Crippen molar-refractivity contribution < 1.29 is 9.53 Å². The molecule has 0 spiro atoms. The van der Waals surface area contributed by atoms with Crippen molar-refractivity contribution in [2.24, 2.45) is 0 Å². The number of fused-ring (bicyclic) bond motifs is 1. The largest absolute Gasteiger partial charge is 0.376 e. The number of aromatic amines is 1. The number of rotatable bonds is 4. The summed E-state index contributed by atoms with van der Waals surface area (Å²) in [5.74, 6) is -0.380. The topological polar surface area (TPSA) is 115 Å². The number of nitrogens with zero attached hydrogens (tertiary/aromatic N) is 4. The molecule has 1 amide bonds. The third-order valence-corrected chi connectivity index (χ3v) is 4.80. The molecule has 1 fully saturated rings. The highest BCUT2D eigenvalue weighted by Gasteiger charge is 2.24. The van der Waals surface area contributed by atoms with Gasteiger partial charge in [-0.05, 0) is 19.8 Å². The molecule has 1 atom stereocenters. The number of H-pyrrole nitrogens is 1. The van der Waals surface area contributed by atoms with E-state index in [-0.39, 0.29) is 17.6 Å². The molecule has 9 nitrogen and oxygen atoms in total. The van der Waals surface area contributed by atoms with Crippen LogP contribution in [0.5, 0.6) is 0 Å². The van der Waals surface area contributed by atoms with E-state index >= 15 is 0 Å². The lowest BCUT2D eigenvalue weighted by molar-refractivity contribution is 0.0961. The molecule has 0 bridgehead atoms. The van der Waals surface area contributed by atoms with Crippen molar-refractivity contribution in [1.29, 1.82) is 0 Å². The second-order valence-corrected chi connectivity index (χ2v) is 7.08. The van der Waals surface area contributed by atoms with Crippen molar-refractivity contribution in [1.82, 2.24) is 25.0 Å². The van der Waals surface area contributed by atoms with E-state index in [0.29, 0.717) is 28.5 Å². The molecule has 25 heavy (non-hydrogen) atoms. The van der Waals surface area contributed by atoms with Crippen LogP contribution < -0.4 is 10.9 Å². The zero-order valence-corrected chi connectivity index (χ0v) is 14.3. The highest BCUT2D eigenvalue weighted by atomic mass is 32.1. The van der Waals surface area contributed by atoms with Crippen molar-refractivity contribution in [2.45, 2.75) is 32.4 Å². The van der Waals surface area contributed by atoms with Crippen molar-refractivity contribution in [3.05, 3.63) is 33.3 Å². The van der Waals surface area contributed by atoms with Crippen LogP contribution in [0.1, 0.15) is 28.2 Å². The predicted octanol–water partition coefficient (Wildman–Crippen LogP) is 1.27. The van der Waals surface area contributed by atoms with Gasteiger partial charge in [-0.1, -0.05) is 11.3 Å². The van der Waals surface area contributed by atoms with Crippen molar-refractivity contribution in [3.8, 4) is 11.3 Å². The van der Waals surface area contributed by atoms with Gasteiger partial charge in [0, 0.05) is 25.5 Å². The van der Waals surface area contributed by atoms with Gasteiger partial charge in [-0.15, -0.1) is 10.2 Å². The maximum atomic E-state index is 12.7. The first kappa shape index (κ1) is 15.9. The van der Waals surface area contributed by atoms with Gasteiger partial charge in [-0.2, -0.15) is 5.10 Å². The van der Waals surface area contributed by atoms with E-state index in [1.807, 2.05) is 4.57 Å². The number of carbonyl (C=O) groups is 1. The van der Waals surface area contributed by atoms with Crippen molar-refractivity contribution in [3.63, 3.8) is 0 Å². The first-order valence-corrected chi connectivity index (χ1v) is 8.73. The Bertz CT molecular complexity index is 939. The summed E-state index contributed by atoms with van der Waals surface area (Å²) >= 11 is 1.28. The number of hydrogen-bond donors (Lipinski definition) is 2. The summed E-state index contributed by atoms with van der Waals surface area (Å²) in [4.78, 5) is 24.7. The summed E-state index contributed by atoms with van der Waals surface area (Å²) < 4.78 is 7.45. The van der Waals surface area contributed by atoms with Crippen LogP contribution in [0.15, 0.2) is 17.2 Å². The Kier molecular flexibility index (Phi) is 4.06. The second kappa shape index (κ2) is 6.37. The van der Waals surface area contributed by atoms with Crippen LogP contribution >= 0.6 is 11.3 Å². The Morgan fingerprint density at radius 1 is 1.48 bits per heavy atom. The van der Waals surface area contributed by atoms with Gasteiger partial charge >= 0.3 is 0 Å². The average Bonchev–Trinajstić information content (AvgIpc) is 3.31. The molecule has 3 aliphatic heterocycles. The number of ether oxygens (including phenoxy) is 1. The fourth-order valence-electron chi connectivity index (χ4n) is 2.90. The molecule has 4 heterocycles. The van der Waals surface area contributed by atoms with Gasteiger partial charge in [0.05, 0.1) is 17.2 Å². The molecule has 10 heteroatoms. The summed E-state index contributed by atoms with van der Waals surface area (Å²) in [5.41, 5.74) is 0.700. The van der Waals surface area contributed by atoms with E-state index in [2.05, 4.69) is 25.7 Å². The molecule has 130 valence electrons. The van der Waals surface area contributed by atoms with Gasteiger partial charge in [-0.25, -0.2) is 5.10 Å². The summed E-state index contributed by atoms with van der Waals surface area (Å²) in [6, 6.07) is 0. The Balaban J connectivity index is 1.68. The zero-order valence-electron chi connectivity index (χ0n) is 13.5. The fraction of sp³-hybridized carbons (Fsp3) is 0.400. The number of amides is 1. The fourth-order valence-corrected chi connectivity index (χ4v) is 3.48. The maximum absolute atomic E-state index is 12.7. The summed E-state index contributed by atoms with van der Waals surface area (Å²) in [7, 11) is 0. The van der Waals surface area contributed by atoms with E-state index < -0.39 is 0 Å². The molecule has 3 aliphatic rings. The number of carbonyl (C=O) groups excluding carboxylic acids is 1. The number of aryl methyl sites for hydroxylation is 1.